The summed E-state index contributed by atoms with van der Waals surface area (Å²) in [5.41, 5.74) is 3.46. The quantitative estimate of drug-likeness (QED) is 0.258. The summed E-state index contributed by atoms with van der Waals surface area (Å²) in [5.74, 6) is 0.232. The number of aromatic nitrogens is 4. The molecule has 0 bridgehead atoms. The predicted molar refractivity (Wildman–Crippen MR) is 120 cm³/mol. The molecule has 0 aliphatic rings. The highest BCUT2D eigenvalue weighted by molar-refractivity contribution is 7.99. The molecule has 9 heteroatoms. The molecule has 4 rings (SSSR count). The fourth-order valence-electron chi connectivity index (χ4n) is 3.36. The van der Waals surface area contributed by atoms with Gasteiger partial charge in [0.2, 0.25) is 0 Å². The Morgan fingerprint density at radius 2 is 2.00 bits per heavy atom. The van der Waals surface area contributed by atoms with Crippen molar-refractivity contribution in [3.8, 4) is 5.13 Å². The van der Waals surface area contributed by atoms with Crippen LogP contribution in [0.2, 0.25) is 0 Å². The fraction of sp³-hybridized carbons (Fsp3) is 0.300. The van der Waals surface area contributed by atoms with E-state index in [9.17, 15) is 9.59 Å². The molecular formula is C20H20N4O2S3. The number of aryl methyl sites for hydroxylation is 3. The van der Waals surface area contributed by atoms with Gasteiger partial charge >= 0.3 is 0 Å². The first-order valence-electron chi connectivity index (χ1n) is 9.01. The van der Waals surface area contributed by atoms with Crippen molar-refractivity contribution in [2.45, 2.75) is 32.9 Å². The topological polar surface area (TPSA) is 69.8 Å². The summed E-state index contributed by atoms with van der Waals surface area (Å²) in [6.45, 7) is 7.85. The van der Waals surface area contributed by atoms with Crippen molar-refractivity contribution in [2.24, 2.45) is 7.05 Å². The first-order chi connectivity index (χ1) is 13.8. The van der Waals surface area contributed by atoms with Crippen LogP contribution in [0.3, 0.4) is 0 Å². The standard InChI is InChI=1S/C20H20N4O2S3/c1-10-8-14(12(3)24(10)19-21-6-7-27-19)15(25)9-28-20-22-17-16(18(26)23(20)5)11(2)13(4)29-17/h6-8H,9H2,1-5H3. The molecule has 0 aliphatic carbocycles. The van der Waals surface area contributed by atoms with Gasteiger partial charge in [-0.15, -0.1) is 22.7 Å². The summed E-state index contributed by atoms with van der Waals surface area (Å²) >= 11 is 4.36. The number of thiophene rings is 1. The zero-order valence-corrected chi connectivity index (χ0v) is 19.2. The molecular weight excluding hydrogens is 424 g/mol. The van der Waals surface area contributed by atoms with Gasteiger partial charge in [0.05, 0.1) is 11.1 Å². The minimum absolute atomic E-state index is 0.0128. The van der Waals surface area contributed by atoms with Crippen LogP contribution >= 0.6 is 34.4 Å². The van der Waals surface area contributed by atoms with Gasteiger partial charge in [0, 0.05) is 40.5 Å². The van der Waals surface area contributed by atoms with Crippen molar-refractivity contribution < 1.29 is 4.79 Å². The molecule has 0 saturated carbocycles. The number of fused-ring (bicyclic) bond motifs is 1. The molecule has 0 fully saturated rings. The van der Waals surface area contributed by atoms with Crippen LogP contribution < -0.4 is 5.56 Å². The monoisotopic (exact) mass is 444 g/mol. The number of thiazole rings is 1. The molecule has 0 amide bonds. The van der Waals surface area contributed by atoms with E-state index in [2.05, 4.69) is 9.97 Å². The van der Waals surface area contributed by atoms with Crippen LogP contribution in [0.25, 0.3) is 15.3 Å². The van der Waals surface area contributed by atoms with Gasteiger partial charge in [0.1, 0.15) is 4.83 Å². The lowest BCUT2D eigenvalue weighted by Gasteiger charge is -2.07. The van der Waals surface area contributed by atoms with E-state index in [1.54, 1.807) is 13.2 Å². The van der Waals surface area contributed by atoms with Crippen LogP contribution in [0, 0.1) is 27.7 Å². The second kappa shape index (κ2) is 7.55. The lowest BCUT2D eigenvalue weighted by molar-refractivity contribution is 0.102. The molecule has 0 aliphatic heterocycles. The number of rotatable bonds is 5. The second-order valence-electron chi connectivity index (χ2n) is 6.87. The van der Waals surface area contributed by atoms with Gasteiger partial charge in [-0.1, -0.05) is 11.8 Å². The summed E-state index contributed by atoms with van der Waals surface area (Å²) in [4.78, 5) is 36.5. The van der Waals surface area contributed by atoms with Gasteiger partial charge in [-0.3, -0.25) is 18.7 Å². The zero-order valence-electron chi connectivity index (χ0n) is 16.8. The Labute approximate surface area is 180 Å². The van der Waals surface area contributed by atoms with Gasteiger partial charge in [0.25, 0.3) is 5.56 Å². The number of thioether (sulfide) groups is 1. The Balaban J connectivity index is 1.62. The van der Waals surface area contributed by atoms with Crippen molar-refractivity contribution >= 4 is 50.4 Å². The van der Waals surface area contributed by atoms with Crippen LogP contribution in [0.1, 0.15) is 32.2 Å². The van der Waals surface area contributed by atoms with Crippen LogP contribution in [-0.4, -0.2) is 30.6 Å². The molecule has 0 N–H and O–H groups in total. The van der Waals surface area contributed by atoms with E-state index >= 15 is 0 Å². The van der Waals surface area contributed by atoms with Crippen molar-refractivity contribution in [1.29, 1.82) is 0 Å². The number of nitrogens with zero attached hydrogens (tertiary/aromatic N) is 4. The van der Waals surface area contributed by atoms with E-state index in [1.807, 2.05) is 43.7 Å². The highest BCUT2D eigenvalue weighted by Crippen LogP contribution is 2.29. The van der Waals surface area contributed by atoms with Gasteiger partial charge in [-0.05, 0) is 39.3 Å². The first kappa shape index (κ1) is 20.1. The molecule has 4 aromatic heterocycles. The molecule has 4 aromatic rings. The van der Waals surface area contributed by atoms with Crippen LogP contribution in [0.4, 0.5) is 0 Å². The van der Waals surface area contributed by atoms with Crippen LogP contribution in [-0.2, 0) is 7.05 Å². The molecule has 6 nitrogen and oxygen atoms in total. The number of ketones is 1. The van der Waals surface area contributed by atoms with Gasteiger partial charge < -0.3 is 0 Å². The zero-order chi connectivity index (χ0) is 20.9. The Kier molecular flexibility index (Phi) is 5.22. The van der Waals surface area contributed by atoms with E-state index in [4.69, 9.17) is 0 Å². The normalized spacial score (nSPS) is 11.5. The third-order valence-corrected chi connectivity index (χ3v) is 7.93. The summed E-state index contributed by atoms with van der Waals surface area (Å²) in [5, 5.41) is 4.01. The summed E-state index contributed by atoms with van der Waals surface area (Å²) in [6.07, 6.45) is 1.76. The van der Waals surface area contributed by atoms with Crippen molar-refractivity contribution in [1.82, 2.24) is 19.1 Å². The van der Waals surface area contributed by atoms with E-state index < -0.39 is 0 Å². The Morgan fingerprint density at radius 3 is 2.69 bits per heavy atom. The third-order valence-electron chi connectivity index (χ3n) is 5.04. The highest BCUT2D eigenvalue weighted by atomic mass is 32.2. The number of carbonyl (C=O) groups is 1. The van der Waals surface area contributed by atoms with Crippen molar-refractivity contribution in [3.63, 3.8) is 0 Å². The number of Topliss-reactive ketones (excluding diaryl/α,β-unsaturated/α-hetero) is 1. The van der Waals surface area contributed by atoms with E-state index in [0.29, 0.717) is 16.1 Å². The van der Waals surface area contributed by atoms with Gasteiger partial charge in [-0.25, -0.2) is 9.97 Å². The molecule has 0 saturated heterocycles. The molecule has 0 aromatic carbocycles. The average Bonchev–Trinajstić information content (AvgIpc) is 3.36. The number of carbonyl (C=O) groups excluding carboxylic acids is 1. The molecule has 0 radical (unpaired) electrons. The average molecular weight is 445 g/mol. The number of hydrogen-bond donors (Lipinski definition) is 0. The molecule has 150 valence electrons. The second-order valence-corrected chi connectivity index (χ2v) is 9.89. The fourth-order valence-corrected chi connectivity index (χ4v) is 6.04. The largest absolute Gasteiger partial charge is 0.294 e. The minimum atomic E-state index is -0.0613. The van der Waals surface area contributed by atoms with Crippen LogP contribution in [0.5, 0.6) is 0 Å². The molecule has 0 spiro atoms. The lowest BCUT2D eigenvalue weighted by Crippen LogP contribution is -2.20. The lowest BCUT2D eigenvalue weighted by atomic mass is 10.2. The van der Waals surface area contributed by atoms with E-state index in [-0.39, 0.29) is 17.1 Å². The van der Waals surface area contributed by atoms with Crippen LogP contribution in [0.15, 0.2) is 27.6 Å². The number of hydrogen-bond acceptors (Lipinski definition) is 7. The highest BCUT2D eigenvalue weighted by Gasteiger charge is 2.20. The van der Waals surface area contributed by atoms with Crippen molar-refractivity contribution in [2.75, 3.05) is 5.75 Å². The Morgan fingerprint density at radius 1 is 1.24 bits per heavy atom. The minimum Gasteiger partial charge on any atom is -0.294 e. The van der Waals surface area contributed by atoms with Gasteiger partial charge in [-0.2, -0.15) is 0 Å². The maximum Gasteiger partial charge on any atom is 0.262 e. The smallest absolute Gasteiger partial charge is 0.262 e. The summed E-state index contributed by atoms with van der Waals surface area (Å²) < 4.78 is 3.54. The third kappa shape index (κ3) is 3.37. The van der Waals surface area contributed by atoms with E-state index in [0.717, 1.165) is 31.8 Å². The predicted octanol–water partition coefficient (Wildman–Crippen LogP) is 4.45. The van der Waals surface area contributed by atoms with E-state index in [1.165, 1.54) is 39.0 Å². The van der Waals surface area contributed by atoms with Gasteiger partial charge in [0.15, 0.2) is 16.1 Å². The molecule has 29 heavy (non-hydrogen) atoms. The molecule has 4 heterocycles. The molecule has 0 atom stereocenters. The Hall–Kier alpha value is -2.23. The summed E-state index contributed by atoms with van der Waals surface area (Å²) in [6, 6.07) is 1.90. The van der Waals surface area contributed by atoms with Crippen molar-refractivity contribution in [3.05, 3.63) is 55.4 Å². The molecule has 0 unspecified atom stereocenters. The maximum absolute atomic E-state index is 12.9. The first-order valence-corrected chi connectivity index (χ1v) is 11.7. The maximum atomic E-state index is 12.9. The SMILES string of the molecule is Cc1sc2nc(SCC(=O)c3cc(C)n(-c4nccs4)c3C)n(C)c(=O)c2c1C. The summed E-state index contributed by atoms with van der Waals surface area (Å²) in [7, 11) is 1.71. The Bertz CT molecular complexity index is 1300.